The van der Waals surface area contributed by atoms with Gasteiger partial charge in [0.2, 0.25) is 5.91 Å². The lowest BCUT2D eigenvalue weighted by Crippen LogP contribution is -2.35. The summed E-state index contributed by atoms with van der Waals surface area (Å²) < 4.78 is 0. The zero-order valence-corrected chi connectivity index (χ0v) is 14.4. The summed E-state index contributed by atoms with van der Waals surface area (Å²) in [7, 11) is 0. The molecule has 0 spiro atoms. The molecule has 0 bridgehead atoms. The Morgan fingerprint density at radius 3 is 2.76 bits per heavy atom. The number of aryl methyl sites for hydroxylation is 2. The predicted octanol–water partition coefficient (Wildman–Crippen LogP) is 2.86. The molecule has 21 heavy (non-hydrogen) atoms. The summed E-state index contributed by atoms with van der Waals surface area (Å²) in [6.45, 7) is 7.08. The van der Waals surface area contributed by atoms with Gasteiger partial charge in [-0.05, 0) is 37.4 Å². The van der Waals surface area contributed by atoms with Crippen LogP contribution in [0.5, 0.6) is 0 Å². The maximum absolute atomic E-state index is 12.4. The van der Waals surface area contributed by atoms with Crippen LogP contribution in [0.1, 0.15) is 24.0 Å². The zero-order chi connectivity index (χ0) is 15.1. The van der Waals surface area contributed by atoms with Crippen LogP contribution in [0.3, 0.4) is 0 Å². The lowest BCUT2D eigenvalue weighted by Gasteiger charge is -2.21. The van der Waals surface area contributed by atoms with E-state index in [-0.39, 0.29) is 0 Å². The average Bonchev–Trinajstić information content (AvgIpc) is 2.72. The number of alkyl halides is 1. The molecule has 1 amide bonds. The molecule has 1 heterocycles. The van der Waals surface area contributed by atoms with Gasteiger partial charge < -0.3 is 9.80 Å². The lowest BCUT2D eigenvalue weighted by molar-refractivity contribution is -0.131. The van der Waals surface area contributed by atoms with Crippen molar-refractivity contribution in [3.63, 3.8) is 0 Å². The van der Waals surface area contributed by atoms with Crippen LogP contribution in [0.15, 0.2) is 24.3 Å². The zero-order valence-electron chi connectivity index (χ0n) is 12.9. The van der Waals surface area contributed by atoms with Gasteiger partial charge in [0.1, 0.15) is 0 Å². The quantitative estimate of drug-likeness (QED) is 0.760. The molecule has 0 saturated carbocycles. The van der Waals surface area contributed by atoms with E-state index in [1.807, 2.05) is 11.0 Å². The van der Waals surface area contributed by atoms with E-state index in [0.717, 1.165) is 50.9 Å². The van der Waals surface area contributed by atoms with Crippen molar-refractivity contribution in [2.24, 2.45) is 0 Å². The highest BCUT2D eigenvalue weighted by molar-refractivity contribution is 9.09. The summed E-state index contributed by atoms with van der Waals surface area (Å²) in [5.41, 5.74) is 2.58. The molecule has 0 radical (unpaired) electrons. The molecule has 3 nitrogen and oxygen atoms in total. The summed E-state index contributed by atoms with van der Waals surface area (Å²) >= 11 is 3.49. The second-order valence-electron chi connectivity index (χ2n) is 5.69. The van der Waals surface area contributed by atoms with Gasteiger partial charge in [-0.2, -0.15) is 0 Å². The minimum Gasteiger partial charge on any atom is -0.341 e. The number of halogens is 1. The lowest BCUT2D eigenvalue weighted by atomic mass is 10.0. The summed E-state index contributed by atoms with van der Waals surface area (Å²) in [6.07, 6.45) is 2.57. The highest BCUT2D eigenvalue weighted by Gasteiger charge is 2.18. The number of benzene rings is 1. The topological polar surface area (TPSA) is 23.6 Å². The number of carbonyl (C=O) groups excluding carboxylic acids is 1. The van der Waals surface area contributed by atoms with Crippen LogP contribution in [0.25, 0.3) is 0 Å². The van der Waals surface area contributed by atoms with E-state index in [4.69, 9.17) is 0 Å². The normalized spacial score (nSPS) is 16.8. The van der Waals surface area contributed by atoms with E-state index < -0.39 is 0 Å². The summed E-state index contributed by atoms with van der Waals surface area (Å²) in [5, 5.41) is 1.01. The van der Waals surface area contributed by atoms with Crippen LogP contribution >= 0.6 is 15.9 Å². The molecule has 1 fully saturated rings. The van der Waals surface area contributed by atoms with Gasteiger partial charge in [-0.25, -0.2) is 0 Å². The van der Waals surface area contributed by atoms with Crippen molar-refractivity contribution < 1.29 is 4.79 Å². The van der Waals surface area contributed by atoms with Crippen molar-refractivity contribution >= 4 is 21.8 Å². The molecule has 1 aromatic rings. The van der Waals surface area contributed by atoms with Crippen molar-refractivity contribution in [3.8, 4) is 0 Å². The maximum atomic E-state index is 12.4. The maximum Gasteiger partial charge on any atom is 0.222 e. The number of nitrogens with zero attached hydrogens (tertiary/aromatic N) is 2. The largest absolute Gasteiger partial charge is 0.341 e. The molecule has 1 aliphatic heterocycles. The van der Waals surface area contributed by atoms with Crippen LogP contribution in [-0.4, -0.2) is 53.8 Å². The Hall–Kier alpha value is -0.870. The first kappa shape index (κ1) is 16.5. The molecule has 1 saturated heterocycles. The number of hydrogen-bond acceptors (Lipinski definition) is 2. The van der Waals surface area contributed by atoms with E-state index >= 15 is 0 Å². The molecule has 0 unspecified atom stereocenters. The third-order valence-electron chi connectivity index (χ3n) is 4.21. The second kappa shape index (κ2) is 8.54. The van der Waals surface area contributed by atoms with Gasteiger partial charge in [-0.15, -0.1) is 0 Å². The molecular weight excluding hydrogens is 328 g/mol. The van der Waals surface area contributed by atoms with Crippen molar-refractivity contribution in [2.45, 2.75) is 26.2 Å². The fourth-order valence-electron chi connectivity index (χ4n) is 2.85. The Kier molecular flexibility index (Phi) is 6.71. The molecule has 0 aliphatic carbocycles. The minimum atomic E-state index is 0.305. The van der Waals surface area contributed by atoms with Crippen LogP contribution in [0.4, 0.5) is 0 Å². The van der Waals surface area contributed by atoms with Gasteiger partial charge in [0, 0.05) is 37.9 Å². The first-order valence-electron chi connectivity index (χ1n) is 7.81. The van der Waals surface area contributed by atoms with Crippen LogP contribution in [0.2, 0.25) is 0 Å². The van der Waals surface area contributed by atoms with Crippen molar-refractivity contribution in [2.75, 3.05) is 38.1 Å². The third-order valence-corrected chi connectivity index (χ3v) is 4.57. The van der Waals surface area contributed by atoms with E-state index in [1.165, 1.54) is 11.1 Å². The van der Waals surface area contributed by atoms with Gasteiger partial charge in [0.05, 0.1) is 0 Å². The Labute approximate surface area is 136 Å². The summed E-state index contributed by atoms with van der Waals surface area (Å²) in [4.78, 5) is 16.9. The van der Waals surface area contributed by atoms with Crippen LogP contribution in [0, 0.1) is 6.92 Å². The van der Waals surface area contributed by atoms with Gasteiger partial charge in [0.25, 0.3) is 0 Å². The predicted molar refractivity (Wildman–Crippen MR) is 90.9 cm³/mol. The molecule has 1 aromatic carbocycles. The first-order valence-corrected chi connectivity index (χ1v) is 8.93. The van der Waals surface area contributed by atoms with Gasteiger partial charge >= 0.3 is 0 Å². The number of amides is 1. The molecule has 2 rings (SSSR count). The number of rotatable bonds is 5. The molecule has 1 aliphatic rings. The third kappa shape index (κ3) is 5.11. The number of hydrogen-bond donors (Lipinski definition) is 0. The van der Waals surface area contributed by atoms with E-state index in [0.29, 0.717) is 12.3 Å². The standard InChI is InChI=1S/C17H25BrN2O/c1-15-5-2-3-6-16(15)7-8-17(21)20-11-4-10-19(12-9-18)13-14-20/h2-3,5-6H,4,7-14H2,1H3. The SMILES string of the molecule is Cc1ccccc1CCC(=O)N1CCCN(CCBr)CC1. The fraction of sp³-hybridized carbons (Fsp3) is 0.588. The Balaban J connectivity index is 1.82. The average molecular weight is 353 g/mol. The Morgan fingerprint density at radius 1 is 1.19 bits per heavy atom. The van der Waals surface area contributed by atoms with E-state index in [2.05, 4.69) is 46.0 Å². The molecule has 116 valence electrons. The molecule has 0 atom stereocenters. The first-order chi connectivity index (χ1) is 10.2. The highest BCUT2D eigenvalue weighted by Crippen LogP contribution is 2.12. The van der Waals surface area contributed by atoms with E-state index in [9.17, 15) is 4.79 Å². The molecule has 4 heteroatoms. The molecular formula is C17H25BrN2O. The van der Waals surface area contributed by atoms with Gasteiger partial charge in [0.15, 0.2) is 0 Å². The fourth-order valence-corrected chi connectivity index (χ4v) is 3.36. The highest BCUT2D eigenvalue weighted by atomic mass is 79.9. The van der Waals surface area contributed by atoms with E-state index in [1.54, 1.807) is 0 Å². The summed E-state index contributed by atoms with van der Waals surface area (Å²) in [6, 6.07) is 8.34. The smallest absolute Gasteiger partial charge is 0.222 e. The van der Waals surface area contributed by atoms with Crippen molar-refractivity contribution in [1.29, 1.82) is 0 Å². The van der Waals surface area contributed by atoms with Crippen molar-refractivity contribution in [1.82, 2.24) is 9.80 Å². The van der Waals surface area contributed by atoms with Gasteiger partial charge in [-0.3, -0.25) is 4.79 Å². The summed E-state index contributed by atoms with van der Waals surface area (Å²) in [5.74, 6) is 0.305. The Morgan fingerprint density at radius 2 is 2.00 bits per heavy atom. The monoisotopic (exact) mass is 352 g/mol. The molecule has 0 aromatic heterocycles. The van der Waals surface area contributed by atoms with Gasteiger partial charge in [-0.1, -0.05) is 40.2 Å². The van der Waals surface area contributed by atoms with Crippen LogP contribution < -0.4 is 0 Å². The van der Waals surface area contributed by atoms with Crippen molar-refractivity contribution in [3.05, 3.63) is 35.4 Å². The second-order valence-corrected chi connectivity index (χ2v) is 6.48. The van der Waals surface area contributed by atoms with Crippen LogP contribution in [-0.2, 0) is 11.2 Å². The molecule has 0 N–H and O–H groups in total. The Bertz CT molecular complexity index is 464. The number of carbonyl (C=O) groups is 1. The minimum absolute atomic E-state index is 0.305.